The zero-order valence-corrected chi connectivity index (χ0v) is 13.8. The number of rotatable bonds is 8. The Hall–Kier alpha value is -1.55. The molecule has 1 aromatic rings. The highest BCUT2D eigenvalue weighted by Gasteiger charge is 2.13. The van der Waals surface area contributed by atoms with Crippen molar-refractivity contribution in [3.8, 4) is 0 Å². The van der Waals surface area contributed by atoms with Gasteiger partial charge in [0.25, 0.3) is 5.91 Å². The van der Waals surface area contributed by atoms with Gasteiger partial charge in [-0.3, -0.25) is 4.79 Å². The number of benzene rings is 1. The van der Waals surface area contributed by atoms with Gasteiger partial charge < -0.3 is 16.0 Å². The fraction of sp³-hybridized carbons (Fsp3) is 0.588. The van der Waals surface area contributed by atoms with Gasteiger partial charge in [-0.2, -0.15) is 0 Å². The van der Waals surface area contributed by atoms with Crippen LogP contribution in [0.5, 0.6) is 0 Å². The molecule has 0 aliphatic rings. The molecule has 0 aliphatic carbocycles. The number of carbonyl (C=O) groups is 1. The molecule has 0 aliphatic heterocycles. The van der Waals surface area contributed by atoms with E-state index in [9.17, 15) is 4.79 Å². The third-order valence-corrected chi connectivity index (χ3v) is 3.36. The fourth-order valence-corrected chi connectivity index (χ4v) is 2.05. The highest BCUT2D eigenvalue weighted by atomic mass is 16.1. The summed E-state index contributed by atoms with van der Waals surface area (Å²) in [6, 6.07) is 7.79. The first kappa shape index (κ1) is 17.5. The first-order valence-corrected chi connectivity index (χ1v) is 7.79. The van der Waals surface area contributed by atoms with E-state index in [1.807, 2.05) is 38.1 Å². The van der Waals surface area contributed by atoms with E-state index in [0.29, 0.717) is 12.1 Å². The molecular formula is C17H29N3O. The number of anilines is 1. The molecule has 1 rings (SSSR count). The Kier molecular flexibility index (Phi) is 6.69. The van der Waals surface area contributed by atoms with Crippen molar-refractivity contribution in [1.29, 1.82) is 0 Å². The zero-order chi connectivity index (χ0) is 15.9. The Bertz CT molecular complexity index is 434. The normalized spacial score (nSPS) is 11.3. The molecule has 0 atom stereocenters. The minimum atomic E-state index is -0.394. The average Bonchev–Trinajstić information content (AvgIpc) is 2.45. The summed E-state index contributed by atoms with van der Waals surface area (Å²) in [4.78, 5) is 14.4. The molecular weight excluding hydrogens is 262 g/mol. The minimum Gasteiger partial charge on any atom is -0.372 e. The molecule has 4 heteroatoms. The van der Waals surface area contributed by atoms with Gasteiger partial charge in [-0.05, 0) is 51.5 Å². The lowest BCUT2D eigenvalue weighted by molar-refractivity contribution is 0.0946. The van der Waals surface area contributed by atoms with Gasteiger partial charge >= 0.3 is 0 Å². The Balaban J connectivity index is 2.66. The highest BCUT2D eigenvalue weighted by molar-refractivity contribution is 5.94. The number of unbranched alkanes of at least 4 members (excludes halogenated alkanes) is 1. The van der Waals surface area contributed by atoms with Gasteiger partial charge in [0.2, 0.25) is 0 Å². The molecule has 1 amide bonds. The van der Waals surface area contributed by atoms with Gasteiger partial charge in [-0.25, -0.2) is 0 Å². The second kappa shape index (κ2) is 8.03. The Labute approximate surface area is 128 Å². The summed E-state index contributed by atoms with van der Waals surface area (Å²) >= 11 is 0. The summed E-state index contributed by atoms with van der Waals surface area (Å²) in [6.07, 6.45) is 2.37. The molecule has 4 nitrogen and oxygen atoms in total. The van der Waals surface area contributed by atoms with Crippen LogP contribution in [-0.2, 0) is 0 Å². The van der Waals surface area contributed by atoms with E-state index < -0.39 is 5.54 Å². The van der Waals surface area contributed by atoms with Crippen LogP contribution in [0.3, 0.4) is 0 Å². The molecule has 3 N–H and O–H groups in total. The number of nitrogens with two attached hydrogens (primary N) is 1. The Morgan fingerprint density at radius 2 is 1.86 bits per heavy atom. The lowest BCUT2D eigenvalue weighted by atomic mass is 10.1. The largest absolute Gasteiger partial charge is 0.372 e. The summed E-state index contributed by atoms with van der Waals surface area (Å²) in [5.74, 6) is -0.0725. The van der Waals surface area contributed by atoms with Crippen LogP contribution < -0.4 is 16.0 Å². The molecule has 0 aromatic heterocycles. The number of nitrogens with zero attached hydrogens (tertiary/aromatic N) is 1. The van der Waals surface area contributed by atoms with Crippen molar-refractivity contribution in [2.24, 2.45) is 5.73 Å². The molecule has 118 valence electrons. The quantitative estimate of drug-likeness (QED) is 0.774. The Morgan fingerprint density at radius 1 is 1.24 bits per heavy atom. The average molecular weight is 291 g/mol. The predicted molar refractivity (Wildman–Crippen MR) is 89.8 cm³/mol. The van der Waals surface area contributed by atoms with E-state index in [0.717, 1.165) is 13.1 Å². The van der Waals surface area contributed by atoms with Gasteiger partial charge in [0, 0.05) is 36.4 Å². The van der Waals surface area contributed by atoms with Crippen molar-refractivity contribution in [3.63, 3.8) is 0 Å². The van der Waals surface area contributed by atoms with Crippen LogP contribution in [0.25, 0.3) is 0 Å². The summed E-state index contributed by atoms with van der Waals surface area (Å²) in [7, 11) is 0. The van der Waals surface area contributed by atoms with Crippen molar-refractivity contribution in [2.75, 3.05) is 24.5 Å². The van der Waals surface area contributed by atoms with Crippen LogP contribution in [0.4, 0.5) is 5.69 Å². The summed E-state index contributed by atoms with van der Waals surface area (Å²) in [5, 5.41) is 2.86. The van der Waals surface area contributed by atoms with E-state index in [-0.39, 0.29) is 5.91 Å². The summed E-state index contributed by atoms with van der Waals surface area (Å²) in [6.45, 7) is 10.6. The zero-order valence-electron chi connectivity index (χ0n) is 13.8. The van der Waals surface area contributed by atoms with E-state index in [4.69, 9.17) is 5.73 Å². The number of carbonyl (C=O) groups excluding carboxylic acids is 1. The molecule has 0 fully saturated rings. The van der Waals surface area contributed by atoms with Gasteiger partial charge in [0.05, 0.1) is 0 Å². The predicted octanol–water partition coefficient (Wildman–Crippen LogP) is 2.78. The van der Waals surface area contributed by atoms with E-state index >= 15 is 0 Å². The maximum Gasteiger partial charge on any atom is 0.251 e. The molecule has 0 radical (unpaired) electrons. The lowest BCUT2D eigenvalue weighted by Gasteiger charge is -2.23. The molecule has 0 unspecified atom stereocenters. The van der Waals surface area contributed by atoms with Gasteiger partial charge in [0.1, 0.15) is 0 Å². The summed E-state index contributed by atoms with van der Waals surface area (Å²) in [5.41, 5.74) is 7.32. The van der Waals surface area contributed by atoms with Crippen LogP contribution in [0.1, 0.15) is 50.9 Å². The van der Waals surface area contributed by atoms with Crippen LogP contribution >= 0.6 is 0 Å². The number of hydrogen-bond donors (Lipinski definition) is 2. The topological polar surface area (TPSA) is 58.4 Å². The molecule has 0 saturated heterocycles. The SMILES string of the molecule is CCCCN(CC)c1ccc(C(=O)NCC(C)(C)N)cc1. The van der Waals surface area contributed by atoms with Crippen LogP contribution in [-0.4, -0.2) is 31.1 Å². The van der Waals surface area contributed by atoms with E-state index in [1.165, 1.54) is 18.5 Å². The first-order valence-electron chi connectivity index (χ1n) is 7.79. The van der Waals surface area contributed by atoms with Crippen LogP contribution in [0.2, 0.25) is 0 Å². The maximum atomic E-state index is 12.0. The summed E-state index contributed by atoms with van der Waals surface area (Å²) < 4.78 is 0. The van der Waals surface area contributed by atoms with Crippen molar-refractivity contribution in [3.05, 3.63) is 29.8 Å². The molecule has 21 heavy (non-hydrogen) atoms. The van der Waals surface area contributed by atoms with Gasteiger partial charge in [-0.1, -0.05) is 13.3 Å². The molecule has 0 saturated carbocycles. The van der Waals surface area contributed by atoms with Crippen molar-refractivity contribution in [1.82, 2.24) is 5.32 Å². The standard InChI is InChI=1S/C17H29N3O/c1-5-7-12-20(6-2)15-10-8-14(9-11-15)16(21)19-13-17(3,4)18/h8-11H,5-7,12-13,18H2,1-4H3,(H,19,21). The molecule has 0 heterocycles. The lowest BCUT2D eigenvalue weighted by Crippen LogP contribution is -2.45. The van der Waals surface area contributed by atoms with Crippen molar-refractivity contribution < 1.29 is 4.79 Å². The third-order valence-electron chi connectivity index (χ3n) is 3.36. The van der Waals surface area contributed by atoms with Crippen LogP contribution in [0, 0.1) is 0 Å². The van der Waals surface area contributed by atoms with Crippen LogP contribution in [0.15, 0.2) is 24.3 Å². The minimum absolute atomic E-state index is 0.0725. The number of hydrogen-bond acceptors (Lipinski definition) is 3. The van der Waals surface area contributed by atoms with Gasteiger partial charge in [0.15, 0.2) is 0 Å². The number of nitrogens with one attached hydrogen (secondary N) is 1. The van der Waals surface area contributed by atoms with Crippen molar-refractivity contribution in [2.45, 2.75) is 46.1 Å². The van der Waals surface area contributed by atoms with Crippen molar-refractivity contribution >= 4 is 11.6 Å². The molecule has 0 spiro atoms. The number of amides is 1. The second-order valence-corrected chi connectivity index (χ2v) is 6.15. The Morgan fingerprint density at radius 3 is 2.33 bits per heavy atom. The fourth-order valence-electron chi connectivity index (χ4n) is 2.05. The monoisotopic (exact) mass is 291 g/mol. The maximum absolute atomic E-state index is 12.0. The molecule has 0 bridgehead atoms. The van der Waals surface area contributed by atoms with E-state index in [1.54, 1.807) is 0 Å². The van der Waals surface area contributed by atoms with E-state index in [2.05, 4.69) is 24.1 Å². The third kappa shape index (κ3) is 6.17. The molecule has 1 aromatic carbocycles. The van der Waals surface area contributed by atoms with Gasteiger partial charge in [-0.15, -0.1) is 0 Å². The smallest absolute Gasteiger partial charge is 0.251 e. The highest BCUT2D eigenvalue weighted by Crippen LogP contribution is 2.16. The first-order chi connectivity index (χ1) is 9.87. The second-order valence-electron chi connectivity index (χ2n) is 6.15.